The van der Waals surface area contributed by atoms with Crippen LogP contribution in [-0.4, -0.2) is 47.7 Å². The first-order valence-electron chi connectivity index (χ1n) is 10.0. The Balaban J connectivity index is 1.29. The molecule has 3 heterocycles. The lowest BCUT2D eigenvalue weighted by atomic mass is 9.97. The van der Waals surface area contributed by atoms with Crippen molar-refractivity contribution in [3.05, 3.63) is 48.3 Å². The van der Waals surface area contributed by atoms with Gasteiger partial charge in [0.1, 0.15) is 11.6 Å². The summed E-state index contributed by atoms with van der Waals surface area (Å²) in [5.74, 6) is 2.78. The van der Waals surface area contributed by atoms with Crippen LogP contribution in [0, 0.1) is 0 Å². The molecule has 1 fully saturated rings. The molecule has 0 atom stereocenters. The highest BCUT2D eigenvalue weighted by atomic mass is 15.3. The summed E-state index contributed by atoms with van der Waals surface area (Å²) in [6, 6.07) is 8.02. The van der Waals surface area contributed by atoms with Crippen molar-refractivity contribution in [2.24, 2.45) is 0 Å². The number of nitrogens with one attached hydrogen (secondary N) is 1. The highest BCUT2D eigenvalue weighted by molar-refractivity contribution is 5.45. The summed E-state index contributed by atoms with van der Waals surface area (Å²) in [6.45, 7) is 4.63. The van der Waals surface area contributed by atoms with Gasteiger partial charge in [0, 0.05) is 45.1 Å². The van der Waals surface area contributed by atoms with E-state index in [0.717, 1.165) is 56.7 Å². The largest absolute Gasteiger partial charge is 0.370 e. The van der Waals surface area contributed by atoms with Crippen molar-refractivity contribution in [2.75, 3.05) is 47.8 Å². The zero-order valence-electron chi connectivity index (χ0n) is 15.8. The van der Waals surface area contributed by atoms with Gasteiger partial charge in [-0.25, -0.2) is 9.97 Å². The monoisotopic (exact) mass is 364 g/mol. The molecule has 0 amide bonds. The molecule has 4 rings (SSSR count). The standard InChI is InChI=1S/C21H28N6/c1-2-6-18(7-3-1)9-12-22-19-10-13-24-21(25-19)27-16-14-26(15-17-27)20-8-4-5-11-23-20/h4-6,8,10-11,13H,1-3,7,9,12,14-17H2,(H,22,24,25). The highest BCUT2D eigenvalue weighted by Gasteiger charge is 2.20. The van der Waals surface area contributed by atoms with E-state index in [1.54, 1.807) is 5.57 Å². The number of anilines is 3. The summed E-state index contributed by atoms with van der Waals surface area (Å²) in [4.78, 5) is 18.2. The van der Waals surface area contributed by atoms with Crippen LogP contribution in [0.4, 0.5) is 17.6 Å². The first-order valence-corrected chi connectivity index (χ1v) is 10.0. The average molecular weight is 364 g/mol. The Hall–Kier alpha value is -2.63. The van der Waals surface area contributed by atoms with Crippen LogP contribution < -0.4 is 15.1 Å². The number of allylic oxidation sites excluding steroid dienone is 1. The summed E-state index contributed by atoms with van der Waals surface area (Å²) in [6.07, 6.45) is 12.4. The van der Waals surface area contributed by atoms with E-state index in [-0.39, 0.29) is 0 Å². The molecule has 2 aromatic rings. The van der Waals surface area contributed by atoms with Crippen molar-refractivity contribution in [2.45, 2.75) is 32.1 Å². The molecular formula is C21H28N6. The smallest absolute Gasteiger partial charge is 0.227 e. The summed E-state index contributed by atoms with van der Waals surface area (Å²) in [5.41, 5.74) is 1.59. The van der Waals surface area contributed by atoms with Gasteiger partial charge in [-0.05, 0) is 50.3 Å². The molecule has 1 aliphatic heterocycles. The van der Waals surface area contributed by atoms with Crippen LogP contribution in [0.1, 0.15) is 32.1 Å². The lowest BCUT2D eigenvalue weighted by Gasteiger charge is -2.35. The number of aromatic nitrogens is 3. The SMILES string of the molecule is C1=C(CCNc2ccnc(N3CCN(c4ccccn4)CC3)n2)CCCC1. The van der Waals surface area contributed by atoms with E-state index >= 15 is 0 Å². The molecule has 2 aromatic heterocycles. The third kappa shape index (κ3) is 4.76. The molecule has 2 aliphatic rings. The van der Waals surface area contributed by atoms with Crippen molar-refractivity contribution in [1.29, 1.82) is 0 Å². The number of hydrogen-bond donors (Lipinski definition) is 1. The molecule has 6 heteroatoms. The molecule has 1 aliphatic carbocycles. The fraction of sp³-hybridized carbons (Fsp3) is 0.476. The Morgan fingerprint density at radius 1 is 0.926 bits per heavy atom. The minimum atomic E-state index is 0.817. The first kappa shape index (κ1) is 17.8. The fourth-order valence-electron chi connectivity index (χ4n) is 3.76. The molecule has 0 spiro atoms. The summed E-state index contributed by atoms with van der Waals surface area (Å²) < 4.78 is 0. The van der Waals surface area contributed by atoms with Gasteiger partial charge in [-0.3, -0.25) is 0 Å². The van der Waals surface area contributed by atoms with E-state index in [0.29, 0.717) is 0 Å². The van der Waals surface area contributed by atoms with Gasteiger partial charge in [0.2, 0.25) is 5.95 Å². The van der Waals surface area contributed by atoms with Crippen molar-refractivity contribution in [1.82, 2.24) is 15.0 Å². The number of rotatable bonds is 6. The van der Waals surface area contributed by atoms with Crippen LogP contribution in [0.2, 0.25) is 0 Å². The highest BCUT2D eigenvalue weighted by Crippen LogP contribution is 2.20. The summed E-state index contributed by atoms with van der Waals surface area (Å²) in [5, 5.41) is 3.47. The van der Waals surface area contributed by atoms with Gasteiger partial charge in [0.05, 0.1) is 0 Å². The number of piperazine rings is 1. The molecule has 0 radical (unpaired) electrons. The van der Waals surface area contributed by atoms with Crippen LogP contribution >= 0.6 is 0 Å². The summed E-state index contributed by atoms with van der Waals surface area (Å²) in [7, 11) is 0. The Bertz CT molecular complexity index is 752. The van der Waals surface area contributed by atoms with Crippen molar-refractivity contribution in [3.8, 4) is 0 Å². The average Bonchev–Trinajstić information content (AvgIpc) is 2.76. The third-order valence-corrected chi connectivity index (χ3v) is 5.32. The van der Waals surface area contributed by atoms with Gasteiger partial charge in [-0.2, -0.15) is 4.98 Å². The molecule has 0 unspecified atom stereocenters. The van der Waals surface area contributed by atoms with Gasteiger partial charge in [0.15, 0.2) is 0 Å². The van der Waals surface area contributed by atoms with E-state index in [4.69, 9.17) is 4.98 Å². The van der Waals surface area contributed by atoms with E-state index < -0.39 is 0 Å². The van der Waals surface area contributed by atoms with Crippen LogP contribution in [0.3, 0.4) is 0 Å². The second-order valence-electron chi connectivity index (χ2n) is 7.19. The Morgan fingerprint density at radius 3 is 2.59 bits per heavy atom. The number of hydrogen-bond acceptors (Lipinski definition) is 6. The zero-order valence-corrected chi connectivity index (χ0v) is 15.8. The lowest BCUT2D eigenvalue weighted by molar-refractivity contribution is 0.634. The topological polar surface area (TPSA) is 57.2 Å². The van der Waals surface area contributed by atoms with E-state index in [9.17, 15) is 0 Å². The Labute approximate surface area is 161 Å². The quantitative estimate of drug-likeness (QED) is 0.792. The third-order valence-electron chi connectivity index (χ3n) is 5.32. The normalized spacial score (nSPS) is 17.6. The van der Waals surface area contributed by atoms with E-state index in [2.05, 4.69) is 37.2 Å². The lowest BCUT2D eigenvalue weighted by Crippen LogP contribution is -2.47. The minimum absolute atomic E-state index is 0.817. The molecule has 0 bridgehead atoms. The second-order valence-corrected chi connectivity index (χ2v) is 7.19. The van der Waals surface area contributed by atoms with Gasteiger partial charge < -0.3 is 15.1 Å². The van der Waals surface area contributed by atoms with Crippen LogP contribution in [0.25, 0.3) is 0 Å². The maximum atomic E-state index is 4.73. The Kier molecular flexibility index (Phi) is 5.82. The van der Waals surface area contributed by atoms with Crippen molar-refractivity contribution < 1.29 is 0 Å². The number of nitrogens with zero attached hydrogens (tertiary/aromatic N) is 5. The Morgan fingerprint density at radius 2 is 1.81 bits per heavy atom. The van der Waals surface area contributed by atoms with Crippen molar-refractivity contribution in [3.63, 3.8) is 0 Å². The zero-order chi connectivity index (χ0) is 18.3. The molecule has 1 saturated heterocycles. The van der Waals surface area contributed by atoms with Gasteiger partial charge in [-0.1, -0.05) is 17.7 Å². The molecule has 27 heavy (non-hydrogen) atoms. The minimum Gasteiger partial charge on any atom is -0.370 e. The number of pyridine rings is 1. The van der Waals surface area contributed by atoms with E-state index in [1.165, 1.54) is 25.7 Å². The maximum Gasteiger partial charge on any atom is 0.227 e. The second kappa shape index (κ2) is 8.84. The molecule has 142 valence electrons. The fourth-order valence-corrected chi connectivity index (χ4v) is 3.76. The molecule has 6 nitrogen and oxygen atoms in total. The van der Waals surface area contributed by atoms with Gasteiger partial charge in [0.25, 0.3) is 0 Å². The molecule has 1 N–H and O–H groups in total. The van der Waals surface area contributed by atoms with Gasteiger partial charge >= 0.3 is 0 Å². The molecule has 0 saturated carbocycles. The first-order chi connectivity index (χ1) is 13.4. The molecule has 0 aromatic carbocycles. The summed E-state index contributed by atoms with van der Waals surface area (Å²) >= 11 is 0. The maximum absolute atomic E-state index is 4.73. The molecular weight excluding hydrogens is 336 g/mol. The van der Waals surface area contributed by atoms with Gasteiger partial charge in [-0.15, -0.1) is 0 Å². The predicted octanol–water partition coefficient (Wildman–Crippen LogP) is 3.50. The van der Waals surface area contributed by atoms with E-state index in [1.807, 2.05) is 30.6 Å². The predicted molar refractivity (Wildman–Crippen MR) is 110 cm³/mol. The van der Waals surface area contributed by atoms with Crippen molar-refractivity contribution >= 4 is 17.6 Å². The van der Waals surface area contributed by atoms with Crippen LogP contribution in [0.5, 0.6) is 0 Å². The van der Waals surface area contributed by atoms with Crippen LogP contribution in [-0.2, 0) is 0 Å². The van der Waals surface area contributed by atoms with Crippen LogP contribution in [0.15, 0.2) is 48.3 Å².